The van der Waals surface area contributed by atoms with Gasteiger partial charge in [0.15, 0.2) is 21.6 Å². The van der Waals surface area contributed by atoms with Crippen LogP contribution in [0.4, 0.5) is 5.13 Å². The third-order valence-electron chi connectivity index (χ3n) is 9.17. The molecule has 1 atom stereocenters. The first kappa shape index (κ1) is 35.2. The van der Waals surface area contributed by atoms with Crippen LogP contribution in [0.2, 0.25) is 0 Å². The Morgan fingerprint density at radius 3 is 2.58 bits per heavy atom. The fourth-order valence-electron chi connectivity index (χ4n) is 6.55. The molecule has 1 saturated heterocycles. The molecule has 6 aromatic rings. The van der Waals surface area contributed by atoms with Gasteiger partial charge in [-0.2, -0.15) is 0 Å². The smallest absolute Gasteiger partial charge is 0.301 e. The van der Waals surface area contributed by atoms with E-state index in [2.05, 4.69) is 41.4 Å². The number of benzene rings is 3. The van der Waals surface area contributed by atoms with Crippen LogP contribution in [0.15, 0.2) is 88.9 Å². The monoisotopic (exact) mass is 733 g/mol. The first-order valence-electron chi connectivity index (χ1n) is 17.4. The number of amides is 1. The lowest BCUT2D eigenvalue weighted by atomic mass is 9.96. The molecule has 0 bridgehead atoms. The average molecular weight is 734 g/mol. The highest BCUT2D eigenvalue weighted by Gasteiger charge is 2.49. The highest BCUT2D eigenvalue weighted by Crippen LogP contribution is 2.46. The van der Waals surface area contributed by atoms with Crippen molar-refractivity contribution >= 4 is 62.1 Å². The molecule has 10 nitrogen and oxygen atoms in total. The molecule has 3 aromatic heterocycles. The summed E-state index contributed by atoms with van der Waals surface area (Å²) in [7, 11) is 0. The summed E-state index contributed by atoms with van der Waals surface area (Å²) in [6.45, 7) is 8.67. The van der Waals surface area contributed by atoms with Crippen molar-refractivity contribution in [2.75, 3.05) is 18.1 Å². The van der Waals surface area contributed by atoms with Gasteiger partial charge in [-0.25, -0.2) is 4.98 Å². The van der Waals surface area contributed by atoms with E-state index in [0.717, 1.165) is 41.2 Å². The lowest BCUT2D eigenvalue weighted by Crippen LogP contribution is -2.29. The third kappa shape index (κ3) is 6.64. The number of pyridine rings is 1. The molecule has 1 unspecified atom stereocenters. The number of aromatic nitrogens is 4. The molecule has 0 radical (unpaired) electrons. The number of aryl methyl sites for hydroxylation is 2. The number of imidazole rings is 1. The summed E-state index contributed by atoms with van der Waals surface area (Å²) in [5.41, 5.74) is 4.01. The van der Waals surface area contributed by atoms with Crippen LogP contribution in [0.3, 0.4) is 0 Å². The Bertz CT molecular complexity index is 2330. The number of hydrogen-bond donors (Lipinski definition) is 1. The van der Waals surface area contributed by atoms with Crippen molar-refractivity contribution in [3.05, 3.63) is 113 Å². The van der Waals surface area contributed by atoms with Crippen LogP contribution >= 0.6 is 23.1 Å². The number of nitrogens with zero attached hydrogens (tertiary/aromatic N) is 5. The minimum Gasteiger partial charge on any atom is -0.505 e. The summed E-state index contributed by atoms with van der Waals surface area (Å²) in [5.74, 6) is -0.335. The predicted octanol–water partition coefficient (Wildman–Crippen LogP) is 8.84. The summed E-state index contributed by atoms with van der Waals surface area (Å²) >= 11 is 2.73. The Hall–Kier alpha value is -5.20. The van der Waals surface area contributed by atoms with Gasteiger partial charge in [0.05, 0.1) is 30.5 Å². The average Bonchev–Trinajstić information content (AvgIpc) is 3.84. The van der Waals surface area contributed by atoms with E-state index in [1.807, 2.05) is 61.7 Å². The SMILES string of the molecule is CCCCCOc1ccc(C2/C(=C(\O)c3nc4c(C)cccn4c3C)C(=O)C(=O)N2c2nnc(SCc3cccc4ccccc34)s2)cc1OCC. The van der Waals surface area contributed by atoms with Crippen molar-refractivity contribution in [3.63, 3.8) is 0 Å². The Balaban J connectivity index is 1.30. The van der Waals surface area contributed by atoms with Crippen molar-refractivity contribution in [1.29, 1.82) is 0 Å². The second-order valence-electron chi connectivity index (χ2n) is 12.6. The van der Waals surface area contributed by atoms with E-state index in [9.17, 15) is 14.7 Å². The van der Waals surface area contributed by atoms with E-state index < -0.39 is 17.7 Å². The number of aliphatic hydroxyl groups is 1. The van der Waals surface area contributed by atoms with Gasteiger partial charge in [-0.05, 0) is 72.9 Å². The summed E-state index contributed by atoms with van der Waals surface area (Å²) in [6.07, 6.45) is 4.87. The van der Waals surface area contributed by atoms with Gasteiger partial charge >= 0.3 is 5.91 Å². The number of anilines is 1. The number of carbonyl (C=O) groups excluding carboxylic acids is 2. The minimum atomic E-state index is -1.04. The standard InChI is InChI=1S/C40H39N5O5S2/c1-5-7-10-21-50-30-19-18-27(22-31(30)49-6-2)34-32(35(46)33-25(4)44-20-12-13-24(3)37(44)41-33)36(47)38(48)45(34)39-42-43-40(52-39)51-23-28-16-11-15-26-14-8-9-17-29(26)28/h8-9,11-20,22,34,46H,5-7,10,21,23H2,1-4H3/b35-32+. The fraction of sp³-hybridized carbons (Fsp3) is 0.275. The number of unbranched alkanes of at least 4 members (excludes halogenated alkanes) is 2. The number of rotatable bonds is 13. The second kappa shape index (κ2) is 15.2. The number of hydrogen-bond acceptors (Lipinski definition) is 10. The summed E-state index contributed by atoms with van der Waals surface area (Å²) in [4.78, 5) is 34.2. The van der Waals surface area contributed by atoms with Gasteiger partial charge in [0.1, 0.15) is 11.3 Å². The predicted molar refractivity (Wildman–Crippen MR) is 205 cm³/mol. The minimum absolute atomic E-state index is 0.0895. The zero-order valence-corrected chi connectivity index (χ0v) is 31.1. The molecule has 0 aliphatic carbocycles. The number of aliphatic hydroxyl groups excluding tert-OH is 1. The van der Waals surface area contributed by atoms with Crippen molar-refractivity contribution in [2.24, 2.45) is 0 Å². The molecule has 1 fully saturated rings. The second-order valence-corrected chi connectivity index (χ2v) is 14.8. The first-order chi connectivity index (χ1) is 25.3. The van der Waals surface area contributed by atoms with Crippen molar-refractivity contribution < 1.29 is 24.2 Å². The fourth-order valence-corrected chi connectivity index (χ4v) is 8.42. The van der Waals surface area contributed by atoms with Crippen molar-refractivity contribution in [3.8, 4) is 11.5 Å². The molecule has 12 heteroatoms. The van der Waals surface area contributed by atoms with E-state index in [1.54, 1.807) is 18.2 Å². The topological polar surface area (TPSA) is 119 Å². The molecule has 4 heterocycles. The molecule has 1 amide bonds. The highest BCUT2D eigenvalue weighted by molar-refractivity contribution is 8.00. The van der Waals surface area contributed by atoms with Crippen LogP contribution in [0.25, 0.3) is 22.2 Å². The largest absolute Gasteiger partial charge is 0.505 e. The van der Waals surface area contributed by atoms with Crippen LogP contribution in [0.5, 0.6) is 11.5 Å². The zero-order valence-electron chi connectivity index (χ0n) is 29.5. The molecule has 0 saturated carbocycles. The number of Topliss-reactive ketones (excluding diaryl/α,β-unsaturated/α-hetero) is 1. The number of thioether (sulfide) groups is 1. The van der Waals surface area contributed by atoms with Gasteiger partial charge in [0.25, 0.3) is 5.78 Å². The molecular formula is C40H39N5O5S2. The van der Waals surface area contributed by atoms with Gasteiger partial charge in [-0.15, -0.1) is 10.2 Å². The molecule has 3 aromatic carbocycles. The molecule has 1 aliphatic rings. The van der Waals surface area contributed by atoms with E-state index in [1.165, 1.54) is 28.0 Å². The number of ether oxygens (including phenoxy) is 2. The van der Waals surface area contributed by atoms with Crippen molar-refractivity contribution in [2.45, 2.75) is 63.1 Å². The van der Waals surface area contributed by atoms with E-state index in [4.69, 9.17) is 14.5 Å². The van der Waals surface area contributed by atoms with Crippen molar-refractivity contribution in [1.82, 2.24) is 19.6 Å². The van der Waals surface area contributed by atoms with Gasteiger partial charge < -0.3 is 19.0 Å². The van der Waals surface area contributed by atoms with Gasteiger partial charge in [-0.1, -0.05) is 97.5 Å². The number of carbonyl (C=O) groups is 2. The van der Waals surface area contributed by atoms with E-state index in [0.29, 0.717) is 51.7 Å². The Morgan fingerprint density at radius 2 is 1.77 bits per heavy atom. The van der Waals surface area contributed by atoms with Crippen LogP contribution in [0.1, 0.15) is 67.2 Å². The molecular weight excluding hydrogens is 695 g/mol. The molecule has 266 valence electrons. The van der Waals surface area contributed by atoms with Crippen LogP contribution in [-0.4, -0.2) is 49.6 Å². The quantitative estimate of drug-likeness (QED) is 0.0310. The Morgan fingerprint density at radius 1 is 0.942 bits per heavy atom. The molecule has 52 heavy (non-hydrogen) atoms. The van der Waals surface area contributed by atoms with E-state index in [-0.39, 0.29) is 22.2 Å². The molecule has 1 N–H and O–H groups in total. The van der Waals surface area contributed by atoms with Crippen LogP contribution in [-0.2, 0) is 15.3 Å². The zero-order chi connectivity index (χ0) is 36.4. The molecule has 1 aliphatic heterocycles. The molecule has 0 spiro atoms. The first-order valence-corrected chi connectivity index (χ1v) is 19.2. The normalized spacial score (nSPS) is 15.6. The lowest BCUT2D eigenvalue weighted by molar-refractivity contribution is -0.132. The maximum absolute atomic E-state index is 14.1. The molecule has 7 rings (SSSR count). The van der Waals surface area contributed by atoms with Gasteiger partial charge in [0, 0.05) is 11.9 Å². The number of fused-ring (bicyclic) bond motifs is 2. The number of ketones is 1. The van der Waals surface area contributed by atoms with Gasteiger partial charge in [0.2, 0.25) is 5.13 Å². The van der Waals surface area contributed by atoms with E-state index >= 15 is 0 Å². The summed E-state index contributed by atoms with van der Waals surface area (Å²) in [6, 6.07) is 22.6. The van der Waals surface area contributed by atoms with Gasteiger partial charge in [-0.3, -0.25) is 14.5 Å². The highest BCUT2D eigenvalue weighted by atomic mass is 32.2. The van der Waals surface area contributed by atoms with Crippen LogP contribution in [0, 0.1) is 13.8 Å². The van der Waals surface area contributed by atoms with Crippen LogP contribution < -0.4 is 14.4 Å². The third-order valence-corrected chi connectivity index (χ3v) is 11.3. The Kier molecular flexibility index (Phi) is 10.3. The summed E-state index contributed by atoms with van der Waals surface area (Å²) < 4.78 is 14.6. The lowest BCUT2D eigenvalue weighted by Gasteiger charge is -2.23. The maximum atomic E-state index is 14.1. The maximum Gasteiger partial charge on any atom is 0.301 e. The Labute approximate surface area is 310 Å². The summed E-state index contributed by atoms with van der Waals surface area (Å²) in [5, 5.41) is 23.4.